The van der Waals surface area contributed by atoms with E-state index in [0.29, 0.717) is 24.6 Å². The lowest BCUT2D eigenvalue weighted by Crippen LogP contribution is -2.41. The number of H-pyrrole nitrogens is 1. The average Bonchev–Trinajstić information content (AvgIpc) is 3.46. The van der Waals surface area contributed by atoms with E-state index in [1.165, 1.54) is 9.78 Å². The lowest BCUT2D eigenvalue weighted by atomic mass is 9.96. The van der Waals surface area contributed by atoms with Gasteiger partial charge in [-0.25, -0.2) is 0 Å². The highest BCUT2D eigenvalue weighted by Crippen LogP contribution is 2.33. The van der Waals surface area contributed by atoms with Crippen molar-refractivity contribution < 1.29 is 14.3 Å². The summed E-state index contributed by atoms with van der Waals surface area (Å²) in [6, 6.07) is 19.6. The number of amides is 2. The number of carbonyl (C=O) groups is 2. The van der Waals surface area contributed by atoms with Crippen molar-refractivity contribution >= 4 is 39.7 Å². The second-order valence-electron chi connectivity index (χ2n) is 7.71. The predicted octanol–water partition coefficient (Wildman–Crippen LogP) is 4.29. The van der Waals surface area contributed by atoms with E-state index >= 15 is 0 Å². The quantitative estimate of drug-likeness (QED) is 0.465. The summed E-state index contributed by atoms with van der Waals surface area (Å²) in [5.41, 5.74) is 2.85. The Morgan fingerprint density at radius 1 is 1.12 bits per heavy atom. The van der Waals surface area contributed by atoms with Gasteiger partial charge in [-0.15, -0.1) is 11.3 Å². The molecule has 0 saturated heterocycles. The summed E-state index contributed by atoms with van der Waals surface area (Å²) in [6.45, 7) is 0.723. The zero-order chi connectivity index (χ0) is 21.9. The first kappa shape index (κ1) is 20.3. The van der Waals surface area contributed by atoms with Crippen LogP contribution in [0.2, 0.25) is 0 Å². The van der Waals surface area contributed by atoms with E-state index in [4.69, 9.17) is 4.74 Å². The number of para-hydroxylation sites is 3. The van der Waals surface area contributed by atoms with Gasteiger partial charge in [0.1, 0.15) is 12.3 Å². The number of aromatic amines is 1. The zero-order valence-corrected chi connectivity index (χ0v) is 18.2. The highest BCUT2D eigenvalue weighted by molar-refractivity contribution is 7.10. The molecule has 0 fully saturated rings. The zero-order valence-electron chi connectivity index (χ0n) is 17.4. The van der Waals surface area contributed by atoms with Crippen molar-refractivity contribution in [1.82, 2.24) is 10.3 Å². The average molecular weight is 446 g/mol. The third-order valence-electron chi connectivity index (χ3n) is 5.72. The molecule has 5 rings (SSSR count). The maximum atomic E-state index is 12.9. The van der Waals surface area contributed by atoms with Gasteiger partial charge in [-0.3, -0.25) is 14.5 Å². The Kier molecular flexibility index (Phi) is 5.64. The van der Waals surface area contributed by atoms with Crippen LogP contribution in [0.25, 0.3) is 10.9 Å². The molecule has 4 aromatic rings. The second-order valence-corrected chi connectivity index (χ2v) is 8.69. The summed E-state index contributed by atoms with van der Waals surface area (Å²) in [7, 11) is 0. The van der Waals surface area contributed by atoms with Crippen molar-refractivity contribution in [3.8, 4) is 5.75 Å². The molecule has 1 atom stereocenters. The molecule has 1 aliphatic rings. The summed E-state index contributed by atoms with van der Waals surface area (Å²) in [4.78, 5) is 31.6. The SMILES string of the molecule is O=C(CN1C(=O)CCOc2ccccc21)NC[C@H](c1cccs1)c1c[nH]c2ccccc12. The van der Waals surface area contributed by atoms with Crippen molar-refractivity contribution in [3.05, 3.63) is 82.7 Å². The predicted molar refractivity (Wildman–Crippen MR) is 126 cm³/mol. The Morgan fingerprint density at radius 3 is 2.84 bits per heavy atom. The normalized spacial score (nSPS) is 14.5. The number of hydrogen-bond acceptors (Lipinski definition) is 4. The Hall–Kier alpha value is -3.58. The molecule has 6 nitrogen and oxygen atoms in total. The second kappa shape index (κ2) is 8.88. The van der Waals surface area contributed by atoms with Crippen LogP contribution < -0.4 is 15.0 Å². The highest BCUT2D eigenvalue weighted by atomic mass is 32.1. The number of nitrogens with one attached hydrogen (secondary N) is 2. The first-order chi connectivity index (χ1) is 15.7. The minimum Gasteiger partial charge on any atom is -0.491 e. The maximum absolute atomic E-state index is 12.9. The van der Waals surface area contributed by atoms with Crippen molar-refractivity contribution in [2.75, 3.05) is 24.6 Å². The van der Waals surface area contributed by atoms with Gasteiger partial charge in [0, 0.05) is 34.4 Å². The van der Waals surface area contributed by atoms with Gasteiger partial charge in [0.2, 0.25) is 11.8 Å². The van der Waals surface area contributed by atoms with Gasteiger partial charge >= 0.3 is 0 Å². The van der Waals surface area contributed by atoms with Crippen molar-refractivity contribution in [2.45, 2.75) is 12.3 Å². The van der Waals surface area contributed by atoms with Crippen molar-refractivity contribution in [2.24, 2.45) is 0 Å². The highest BCUT2D eigenvalue weighted by Gasteiger charge is 2.26. The van der Waals surface area contributed by atoms with E-state index in [1.807, 2.05) is 60.1 Å². The smallest absolute Gasteiger partial charge is 0.240 e. The minimum absolute atomic E-state index is 0.0190. The van der Waals surface area contributed by atoms with Gasteiger partial charge in [-0.2, -0.15) is 0 Å². The van der Waals surface area contributed by atoms with Crippen molar-refractivity contribution in [3.63, 3.8) is 0 Å². The molecule has 3 heterocycles. The van der Waals surface area contributed by atoms with Crippen LogP contribution in [-0.4, -0.2) is 36.5 Å². The molecule has 7 heteroatoms. The standard InChI is InChI=1S/C25H23N3O3S/c29-24(16-28-21-8-3-4-9-22(21)31-12-11-25(28)30)27-15-19(23-10-5-13-32-23)18-14-26-20-7-2-1-6-17(18)20/h1-10,13-14,19,26H,11-12,15-16H2,(H,27,29)/t19-/m0/s1. The van der Waals surface area contributed by atoms with Gasteiger partial charge in [0.15, 0.2) is 0 Å². The molecule has 2 aromatic carbocycles. The van der Waals surface area contributed by atoms with Crippen LogP contribution in [0.15, 0.2) is 72.2 Å². The number of nitrogens with zero attached hydrogens (tertiary/aromatic N) is 1. The van der Waals surface area contributed by atoms with E-state index in [2.05, 4.69) is 22.4 Å². The van der Waals surface area contributed by atoms with Gasteiger partial charge in [0.05, 0.1) is 18.7 Å². The molecule has 0 saturated carbocycles. The van der Waals surface area contributed by atoms with E-state index in [-0.39, 0.29) is 30.7 Å². The summed E-state index contributed by atoms with van der Waals surface area (Å²) < 4.78 is 5.67. The number of rotatable bonds is 6. The lowest BCUT2D eigenvalue weighted by molar-refractivity contribution is -0.123. The van der Waals surface area contributed by atoms with Crippen LogP contribution in [0, 0.1) is 0 Å². The molecule has 0 radical (unpaired) electrons. The number of carbonyl (C=O) groups excluding carboxylic acids is 2. The number of aromatic nitrogens is 1. The summed E-state index contributed by atoms with van der Waals surface area (Å²) >= 11 is 1.67. The first-order valence-corrected chi connectivity index (χ1v) is 11.5. The van der Waals surface area contributed by atoms with Crippen LogP contribution >= 0.6 is 11.3 Å². The fourth-order valence-corrected chi connectivity index (χ4v) is 4.99. The Bertz CT molecular complexity index is 1250. The Balaban J connectivity index is 1.35. The van der Waals surface area contributed by atoms with E-state index < -0.39 is 0 Å². The molecule has 0 spiro atoms. The number of benzene rings is 2. The molecule has 0 unspecified atom stereocenters. The molecular formula is C25H23N3O3S. The summed E-state index contributed by atoms with van der Waals surface area (Å²) in [5.74, 6) is 0.333. The summed E-state index contributed by atoms with van der Waals surface area (Å²) in [5, 5.41) is 6.26. The van der Waals surface area contributed by atoms with Crippen LogP contribution in [0.3, 0.4) is 0 Å². The molecule has 0 bridgehead atoms. The molecule has 32 heavy (non-hydrogen) atoms. The van der Waals surface area contributed by atoms with Gasteiger partial charge < -0.3 is 15.0 Å². The molecule has 2 amide bonds. The maximum Gasteiger partial charge on any atom is 0.240 e. The number of thiophene rings is 1. The van der Waals surface area contributed by atoms with Crippen LogP contribution in [0.5, 0.6) is 5.75 Å². The number of fused-ring (bicyclic) bond motifs is 2. The Morgan fingerprint density at radius 2 is 1.97 bits per heavy atom. The van der Waals surface area contributed by atoms with E-state index in [9.17, 15) is 9.59 Å². The third kappa shape index (κ3) is 3.99. The molecule has 2 aromatic heterocycles. The van der Waals surface area contributed by atoms with Crippen LogP contribution in [0.4, 0.5) is 5.69 Å². The summed E-state index contributed by atoms with van der Waals surface area (Å²) in [6.07, 6.45) is 2.27. The number of ether oxygens (including phenoxy) is 1. The molecule has 1 aliphatic heterocycles. The number of hydrogen-bond donors (Lipinski definition) is 2. The van der Waals surface area contributed by atoms with Crippen LogP contribution in [0.1, 0.15) is 22.8 Å². The van der Waals surface area contributed by atoms with E-state index in [1.54, 1.807) is 11.3 Å². The molecule has 2 N–H and O–H groups in total. The molecule has 162 valence electrons. The lowest BCUT2D eigenvalue weighted by Gasteiger charge is -2.22. The molecular weight excluding hydrogens is 422 g/mol. The fourth-order valence-electron chi connectivity index (χ4n) is 4.14. The van der Waals surface area contributed by atoms with Gasteiger partial charge in [0.25, 0.3) is 0 Å². The van der Waals surface area contributed by atoms with Gasteiger partial charge in [-0.05, 0) is 35.2 Å². The topological polar surface area (TPSA) is 74.4 Å². The Labute approximate surface area is 189 Å². The first-order valence-electron chi connectivity index (χ1n) is 10.6. The van der Waals surface area contributed by atoms with Crippen LogP contribution in [-0.2, 0) is 9.59 Å². The van der Waals surface area contributed by atoms with Gasteiger partial charge in [-0.1, -0.05) is 36.4 Å². The largest absolute Gasteiger partial charge is 0.491 e. The number of anilines is 1. The van der Waals surface area contributed by atoms with Crippen molar-refractivity contribution in [1.29, 1.82) is 0 Å². The monoisotopic (exact) mass is 445 g/mol. The van der Waals surface area contributed by atoms with E-state index in [0.717, 1.165) is 16.5 Å². The molecule has 0 aliphatic carbocycles. The minimum atomic E-state index is -0.198. The fraction of sp³-hybridized carbons (Fsp3) is 0.200. The third-order valence-corrected chi connectivity index (χ3v) is 6.70.